The molecule has 1 atom stereocenters. The second-order valence-corrected chi connectivity index (χ2v) is 6.86. The SMILES string of the molecule is CC(O)CN/C=C(\C=N)Nc1ncc(Cl)c(NCc2cc(SN)ccc2F)n1. The van der Waals surface area contributed by atoms with Crippen LogP contribution >= 0.6 is 23.5 Å². The smallest absolute Gasteiger partial charge is 0.229 e. The number of aliphatic hydroxyl groups is 1. The third-order valence-electron chi connectivity index (χ3n) is 3.43. The van der Waals surface area contributed by atoms with Crippen LogP contribution in [0, 0.1) is 11.2 Å². The third-order valence-corrected chi connectivity index (χ3v) is 4.23. The number of hydrogen-bond donors (Lipinski definition) is 6. The lowest BCUT2D eigenvalue weighted by Gasteiger charge is -2.12. The van der Waals surface area contributed by atoms with Crippen molar-refractivity contribution in [2.24, 2.45) is 5.14 Å². The van der Waals surface area contributed by atoms with Gasteiger partial charge in [0.25, 0.3) is 0 Å². The monoisotopic (exact) mass is 425 g/mol. The van der Waals surface area contributed by atoms with Crippen LogP contribution in [-0.4, -0.2) is 33.9 Å². The Hall–Kier alpha value is -2.40. The van der Waals surface area contributed by atoms with Gasteiger partial charge in [-0.25, -0.2) is 9.37 Å². The molecule has 0 spiro atoms. The van der Waals surface area contributed by atoms with Crippen molar-refractivity contribution in [3.05, 3.63) is 52.7 Å². The zero-order valence-electron chi connectivity index (χ0n) is 15.0. The highest BCUT2D eigenvalue weighted by Gasteiger charge is 2.09. The van der Waals surface area contributed by atoms with Crippen LogP contribution in [0.3, 0.4) is 0 Å². The first-order chi connectivity index (χ1) is 13.4. The molecule has 0 aliphatic heterocycles. The number of rotatable bonds is 10. The summed E-state index contributed by atoms with van der Waals surface area (Å²) in [6.07, 6.45) is 3.47. The van der Waals surface area contributed by atoms with E-state index in [4.69, 9.17) is 22.1 Å². The highest BCUT2D eigenvalue weighted by Crippen LogP contribution is 2.22. The predicted octanol–water partition coefficient (Wildman–Crippen LogP) is 2.72. The molecule has 0 saturated heterocycles. The fourth-order valence-electron chi connectivity index (χ4n) is 2.07. The molecular formula is C17H21ClFN7OS. The first kappa shape index (κ1) is 21.9. The van der Waals surface area contributed by atoms with E-state index < -0.39 is 6.10 Å². The number of aromatic nitrogens is 2. The van der Waals surface area contributed by atoms with Crippen LogP contribution in [0.1, 0.15) is 12.5 Å². The molecule has 0 aliphatic rings. The summed E-state index contributed by atoms with van der Waals surface area (Å²) in [4.78, 5) is 9.05. The Balaban J connectivity index is 2.09. The maximum atomic E-state index is 14.0. The molecule has 0 amide bonds. The number of hydrogen-bond acceptors (Lipinski definition) is 9. The Bertz CT molecular complexity index is 850. The minimum atomic E-state index is -0.526. The lowest BCUT2D eigenvalue weighted by molar-refractivity contribution is 0.196. The van der Waals surface area contributed by atoms with E-state index in [1.54, 1.807) is 19.1 Å². The molecule has 7 N–H and O–H groups in total. The Morgan fingerprint density at radius 3 is 2.96 bits per heavy atom. The van der Waals surface area contributed by atoms with Gasteiger partial charge in [0.1, 0.15) is 10.8 Å². The molecule has 28 heavy (non-hydrogen) atoms. The van der Waals surface area contributed by atoms with Crippen LogP contribution in [0.2, 0.25) is 5.02 Å². The third kappa shape index (κ3) is 6.64. The van der Waals surface area contributed by atoms with E-state index >= 15 is 0 Å². The Labute approximate surface area is 171 Å². The average molecular weight is 426 g/mol. The number of anilines is 2. The summed E-state index contributed by atoms with van der Waals surface area (Å²) in [6.45, 7) is 2.13. The molecular weight excluding hydrogens is 405 g/mol. The van der Waals surface area contributed by atoms with Crippen LogP contribution in [-0.2, 0) is 6.54 Å². The molecule has 0 bridgehead atoms. The second-order valence-electron chi connectivity index (χ2n) is 5.74. The summed E-state index contributed by atoms with van der Waals surface area (Å²) in [6, 6.07) is 4.59. The van der Waals surface area contributed by atoms with E-state index in [9.17, 15) is 9.50 Å². The summed E-state index contributed by atoms with van der Waals surface area (Å²) in [7, 11) is 0. The summed E-state index contributed by atoms with van der Waals surface area (Å²) in [5.41, 5.74) is 0.801. The van der Waals surface area contributed by atoms with Gasteiger partial charge in [-0.05, 0) is 37.1 Å². The van der Waals surface area contributed by atoms with Crippen molar-refractivity contribution < 1.29 is 9.50 Å². The Kier molecular flexibility index (Phi) is 8.45. The van der Waals surface area contributed by atoms with Crippen LogP contribution in [0.5, 0.6) is 0 Å². The van der Waals surface area contributed by atoms with Crippen LogP contribution < -0.4 is 21.1 Å². The molecule has 11 heteroatoms. The van der Waals surface area contributed by atoms with E-state index in [1.165, 1.54) is 18.5 Å². The minimum absolute atomic E-state index is 0.152. The minimum Gasteiger partial charge on any atom is -0.392 e. The first-order valence-electron chi connectivity index (χ1n) is 8.23. The topological polar surface area (TPSA) is 132 Å². The molecule has 0 fully saturated rings. The Morgan fingerprint density at radius 2 is 2.29 bits per heavy atom. The predicted molar refractivity (Wildman–Crippen MR) is 111 cm³/mol. The number of allylic oxidation sites excluding steroid dienone is 1. The van der Waals surface area contributed by atoms with Gasteiger partial charge in [0, 0.05) is 36.0 Å². The quantitative estimate of drug-likeness (QED) is 0.253. The zero-order chi connectivity index (χ0) is 20.5. The van der Waals surface area contributed by atoms with Gasteiger partial charge in [-0.2, -0.15) is 4.98 Å². The van der Waals surface area contributed by atoms with Gasteiger partial charge >= 0.3 is 0 Å². The standard InChI is InChI=1S/C17H21ClFN7OS/c1-10(27)6-22-8-12(5-20)25-17-24-9-14(18)16(26-17)23-7-11-4-13(28-21)2-3-15(11)19/h2-5,8-10,20,22,27H,6-7,21H2,1H3,(H2,23,24,25,26)/b12-8+,20-5?. The highest BCUT2D eigenvalue weighted by atomic mass is 35.5. The van der Waals surface area contributed by atoms with Crippen molar-refractivity contribution in [2.45, 2.75) is 24.5 Å². The molecule has 0 aliphatic carbocycles. The van der Waals surface area contributed by atoms with Crippen molar-refractivity contribution in [3.63, 3.8) is 0 Å². The van der Waals surface area contributed by atoms with E-state index in [1.807, 2.05) is 0 Å². The first-order valence-corrected chi connectivity index (χ1v) is 9.49. The van der Waals surface area contributed by atoms with Crippen LogP contribution in [0.4, 0.5) is 16.2 Å². The largest absolute Gasteiger partial charge is 0.392 e. The summed E-state index contributed by atoms with van der Waals surface area (Å²) < 4.78 is 14.0. The van der Waals surface area contributed by atoms with Crippen molar-refractivity contribution >= 4 is 41.5 Å². The van der Waals surface area contributed by atoms with Crippen molar-refractivity contribution in [1.29, 1.82) is 5.41 Å². The number of benzene rings is 1. The van der Waals surface area contributed by atoms with Gasteiger partial charge in [-0.15, -0.1) is 0 Å². The molecule has 2 aromatic rings. The molecule has 0 radical (unpaired) electrons. The van der Waals surface area contributed by atoms with Crippen molar-refractivity contribution in [3.8, 4) is 0 Å². The van der Waals surface area contributed by atoms with E-state index in [2.05, 4.69) is 25.9 Å². The number of nitrogens with two attached hydrogens (primary N) is 1. The van der Waals surface area contributed by atoms with Gasteiger partial charge in [-0.3, -0.25) is 5.14 Å². The van der Waals surface area contributed by atoms with Crippen molar-refractivity contribution in [2.75, 3.05) is 17.2 Å². The van der Waals surface area contributed by atoms with Gasteiger partial charge in [0.05, 0.1) is 18.0 Å². The molecule has 1 aromatic heterocycles. The number of nitrogens with one attached hydrogen (secondary N) is 4. The molecule has 150 valence electrons. The molecule has 1 unspecified atom stereocenters. The van der Waals surface area contributed by atoms with Crippen LogP contribution in [0.15, 0.2) is 41.2 Å². The van der Waals surface area contributed by atoms with Crippen LogP contribution in [0.25, 0.3) is 0 Å². The average Bonchev–Trinajstić information content (AvgIpc) is 2.68. The van der Waals surface area contributed by atoms with Gasteiger partial charge in [0.15, 0.2) is 5.82 Å². The van der Waals surface area contributed by atoms with E-state index in [-0.39, 0.29) is 23.3 Å². The lowest BCUT2D eigenvalue weighted by atomic mass is 10.2. The van der Waals surface area contributed by atoms with E-state index in [0.29, 0.717) is 23.6 Å². The molecule has 8 nitrogen and oxygen atoms in total. The van der Waals surface area contributed by atoms with Gasteiger partial charge in [0.2, 0.25) is 5.95 Å². The number of aliphatic hydroxyl groups excluding tert-OH is 1. The molecule has 0 saturated carbocycles. The maximum absolute atomic E-state index is 14.0. The highest BCUT2D eigenvalue weighted by molar-refractivity contribution is 7.97. The summed E-state index contributed by atoms with van der Waals surface area (Å²) >= 11 is 7.15. The fourth-order valence-corrected chi connectivity index (χ4v) is 2.59. The summed E-state index contributed by atoms with van der Waals surface area (Å²) in [5, 5.41) is 31.2. The lowest BCUT2D eigenvalue weighted by Crippen LogP contribution is -2.21. The van der Waals surface area contributed by atoms with E-state index in [0.717, 1.165) is 23.1 Å². The number of halogens is 2. The Morgan fingerprint density at radius 1 is 1.50 bits per heavy atom. The normalized spacial score (nSPS) is 12.4. The zero-order valence-corrected chi connectivity index (χ0v) is 16.6. The van der Waals surface area contributed by atoms with Gasteiger partial charge in [-0.1, -0.05) is 11.6 Å². The summed E-state index contributed by atoms with van der Waals surface area (Å²) in [5.74, 6) is 0.143. The molecule has 1 aromatic carbocycles. The molecule has 1 heterocycles. The number of nitrogens with zero attached hydrogens (tertiary/aromatic N) is 2. The maximum Gasteiger partial charge on any atom is 0.229 e. The fraction of sp³-hybridized carbons (Fsp3) is 0.235. The van der Waals surface area contributed by atoms with Gasteiger partial charge < -0.3 is 26.5 Å². The van der Waals surface area contributed by atoms with Crippen molar-refractivity contribution in [1.82, 2.24) is 15.3 Å². The second kappa shape index (κ2) is 10.8. The molecule has 2 rings (SSSR count).